The smallest absolute Gasteiger partial charge is 0.331 e. The van der Waals surface area contributed by atoms with Crippen molar-refractivity contribution < 1.29 is 19.1 Å². The first-order chi connectivity index (χ1) is 11.4. The van der Waals surface area contributed by atoms with Gasteiger partial charge in [0.25, 0.3) is 5.91 Å². The van der Waals surface area contributed by atoms with E-state index in [1.165, 1.54) is 7.11 Å². The van der Waals surface area contributed by atoms with Gasteiger partial charge in [-0.2, -0.15) is 5.10 Å². The Labute approximate surface area is 140 Å². The molecule has 0 fully saturated rings. The van der Waals surface area contributed by atoms with Gasteiger partial charge in [-0.3, -0.25) is 4.79 Å². The number of nitrogens with zero attached hydrogens (tertiary/aromatic N) is 2. The van der Waals surface area contributed by atoms with Gasteiger partial charge in [0.1, 0.15) is 11.3 Å². The van der Waals surface area contributed by atoms with Gasteiger partial charge in [0, 0.05) is 6.20 Å². The van der Waals surface area contributed by atoms with Crippen LogP contribution in [-0.4, -0.2) is 41.4 Å². The second kappa shape index (κ2) is 7.16. The van der Waals surface area contributed by atoms with E-state index < -0.39 is 17.4 Å². The topological polar surface area (TPSA) is 82.5 Å². The summed E-state index contributed by atoms with van der Waals surface area (Å²) < 4.78 is 11.4. The molecule has 0 aliphatic heterocycles. The number of benzene rings is 1. The molecule has 2 rings (SSSR count). The zero-order chi connectivity index (χ0) is 17.7. The maximum atomic E-state index is 12.4. The van der Waals surface area contributed by atoms with Crippen LogP contribution < -0.4 is 10.1 Å². The number of amides is 1. The molecule has 128 valence electrons. The van der Waals surface area contributed by atoms with E-state index in [2.05, 4.69) is 10.4 Å². The largest absolute Gasteiger partial charge is 0.497 e. The minimum atomic E-state index is -1.09. The third kappa shape index (κ3) is 3.56. The van der Waals surface area contributed by atoms with Gasteiger partial charge in [-0.05, 0) is 43.7 Å². The number of carbonyl (C=O) groups excluding carboxylic acids is 2. The van der Waals surface area contributed by atoms with Crippen LogP contribution >= 0.6 is 0 Å². The van der Waals surface area contributed by atoms with E-state index in [0.717, 1.165) is 11.4 Å². The van der Waals surface area contributed by atoms with Gasteiger partial charge in [-0.1, -0.05) is 6.92 Å². The van der Waals surface area contributed by atoms with Crippen molar-refractivity contribution in [2.75, 3.05) is 14.2 Å². The van der Waals surface area contributed by atoms with E-state index in [4.69, 9.17) is 9.47 Å². The maximum absolute atomic E-state index is 12.4. The van der Waals surface area contributed by atoms with E-state index in [-0.39, 0.29) is 5.69 Å². The summed E-state index contributed by atoms with van der Waals surface area (Å²) in [7, 11) is 2.89. The van der Waals surface area contributed by atoms with Crippen LogP contribution in [0.15, 0.2) is 36.5 Å². The summed E-state index contributed by atoms with van der Waals surface area (Å²) in [4.78, 5) is 24.2. The predicted molar refractivity (Wildman–Crippen MR) is 88.3 cm³/mol. The fraction of sp³-hybridized carbons (Fsp3) is 0.353. The molecule has 1 amide bonds. The number of ether oxygens (including phenoxy) is 2. The van der Waals surface area contributed by atoms with Gasteiger partial charge in [0.2, 0.25) is 0 Å². The zero-order valence-corrected chi connectivity index (χ0v) is 14.2. The second-order valence-electron chi connectivity index (χ2n) is 5.47. The monoisotopic (exact) mass is 331 g/mol. The molecule has 1 aromatic heterocycles. The van der Waals surface area contributed by atoms with Crippen molar-refractivity contribution in [2.45, 2.75) is 25.8 Å². The molecule has 1 aromatic carbocycles. The molecule has 7 nitrogen and oxygen atoms in total. The van der Waals surface area contributed by atoms with Crippen molar-refractivity contribution in [2.24, 2.45) is 0 Å². The number of aromatic nitrogens is 2. The van der Waals surface area contributed by atoms with E-state index in [0.29, 0.717) is 6.42 Å². The first kappa shape index (κ1) is 17.5. The van der Waals surface area contributed by atoms with Gasteiger partial charge >= 0.3 is 5.97 Å². The van der Waals surface area contributed by atoms with Crippen LogP contribution in [0.4, 0.5) is 0 Å². The number of hydrogen-bond donors (Lipinski definition) is 1. The third-order valence-electron chi connectivity index (χ3n) is 3.89. The third-order valence-corrected chi connectivity index (χ3v) is 3.89. The van der Waals surface area contributed by atoms with Gasteiger partial charge in [-0.15, -0.1) is 0 Å². The molecular formula is C17H21N3O4. The number of hydrogen-bond acceptors (Lipinski definition) is 5. The molecule has 0 spiro atoms. The van der Waals surface area contributed by atoms with Crippen molar-refractivity contribution in [1.29, 1.82) is 0 Å². The lowest BCUT2D eigenvalue weighted by Crippen LogP contribution is -2.52. The summed E-state index contributed by atoms with van der Waals surface area (Å²) in [6.07, 6.45) is 2.09. The molecule has 0 bridgehead atoms. The fourth-order valence-corrected chi connectivity index (χ4v) is 2.15. The highest BCUT2D eigenvalue weighted by atomic mass is 16.5. The highest BCUT2D eigenvalue weighted by Gasteiger charge is 2.34. The molecule has 7 heteroatoms. The molecule has 1 N–H and O–H groups in total. The Kier molecular flexibility index (Phi) is 5.23. The molecule has 0 radical (unpaired) electrons. The Morgan fingerprint density at radius 3 is 2.42 bits per heavy atom. The average molecular weight is 331 g/mol. The molecular weight excluding hydrogens is 310 g/mol. The normalized spacial score (nSPS) is 13.0. The molecule has 24 heavy (non-hydrogen) atoms. The molecule has 1 heterocycles. The lowest BCUT2D eigenvalue weighted by molar-refractivity contribution is -0.147. The lowest BCUT2D eigenvalue weighted by Gasteiger charge is -2.25. The Morgan fingerprint density at radius 1 is 1.21 bits per heavy atom. The minimum absolute atomic E-state index is 0.217. The molecule has 0 aliphatic rings. The lowest BCUT2D eigenvalue weighted by atomic mass is 9.99. The van der Waals surface area contributed by atoms with Gasteiger partial charge in [0.05, 0.1) is 19.9 Å². The summed E-state index contributed by atoms with van der Waals surface area (Å²) in [5.74, 6) is -0.189. The summed E-state index contributed by atoms with van der Waals surface area (Å²) in [5, 5.41) is 6.94. The first-order valence-corrected chi connectivity index (χ1v) is 7.54. The van der Waals surface area contributed by atoms with E-state index in [1.54, 1.807) is 37.9 Å². The van der Waals surface area contributed by atoms with Crippen LogP contribution in [0.1, 0.15) is 30.8 Å². The van der Waals surface area contributed by atoms with Crippen molar-refractivity contribution in [3.8, 4) is 11.4 Å². The molecule has 1 unspecified atom stereocenters. The Morgan fingerprint density at radius 2 is 1.88 bits per heavy atom. The summed E-state index contributed by atoms with van der Waals surface area (Å²) in [5.41, 5.74) is -0.0779. The maximum Gasteiger partial charge on any atom is 0.331 e. The molecule has 1 atom stereocenters. The second-order valence-corrected chi connectivity index (χ2v) is 5.47. The summed E-state index contributed by atoms with van der Waals surface area (Å²) >= 11 is 0. The highest BCUT2D eigenvalue weighted by Crippen LogP contribution is 2.16. The van der Waals surface area contributed by atoms with Crippen LogP contribution in [0, 0.1) is 0 Å². The molecule has 0 saturated carbocycles. The van der Waals surface area contributed by atoms with Crippen LogP contribution in [-0.2, 0) is 9.53 Å². The first-order valence-electron chi connectivity index (χ1n) is 7.54. The van der Waals surface area contributed by atoms with Gasteiger partial charge in [-0.25, -0.2) is 9.48 Å². The molecule has 2 aromatic rings. The number of rotatable bonds is 6. The van der Waals surface area contributed by atoms with Crippen LogP contribution in [0.5, 0.6) is 5.75 Å². The Bertz CT molecular complexity index is 724. The summed E-state index contributed by atoms with van der Waals surface area (Å²) in [6, 6.07) is 8.87. The minimum Gasteiger partial charge on any atom is -0.497 e. The SMILES string of the molecule is CCC(C)(NC(=O)c1ccn(-c2ccc(OC)cc2)n1)C(=O)OC. The predicted octanol–water partition coefficient (Wildman–Crippen LogP) is 1.95. The van der Waals surface area contributed by atoms with Crippen LogP contribution in [0.25, 0.3) is 5.69 Å². The zero-order valence-electron chi connectivity index (χ0n) is 14.2. The highest BCUT2D eigenvalue weighted by molar-refractivity contribution is 5.96. The molecule has 0 aliphatic carbocycles. The summed E-state index contributed by atoms with van der Waals surface area (Å²) in [6.45, 7) is 3.42. The van der Waals surface area contributed by atoms with Crippen molar-refractivity contribution in [1.82, 2.24) is 15.1 Å². The number of carbonyl (C=O) groups is 2. The standard InChI is InChI=1S/C17H21N3O4/c1-5-17(2,16(22)24-4)18-15(21)14-10-11-20(19-14)12-6-8-13(23-3)9-7-12/h6-11H,5H2,1-4H3,(H,18,21). The van der Waals surface area contributed by atoms with E-state index >= 15 is 0 Å². The van der Waals surface area contributed by atoms with Gasteiger partial charge < -0.3 is 14.8 Å². The Balaban J connectivity index is 2.17. The average Bonchev–Trinajstić information content (AvgIpc) is 3.11. The number of nitrogens with one attached hydrogen (secondary N) is 1. The van der Waals surface area contributed by atoms with E-state index in [1.807, 2.05) is 24.3 Å². The van der Waals surface area contributed by atoms with Crippen molar-refractivity contribution >= 4 is 11.9 Å². The molecule has 0 saturated heterocycles. The van der Waals surface area contributed by atoms with Crippen molar-refractivity contribution in [3.05, 3.63) is 42.2 Å². The fourth-order valence-electron chi connectivity index (χ4n) is 2.15. The number of esters is 1. The van der Waals surface area contributed by atoms with Crippen LogP contribution in [0.2, 0.25) is 0 Å². The Hall–Kier alpha value is -2.83. The quantitative estimate of drug-likeness (QED) is 0.818. The van der Waals surface area contributed by atoms with E-state index in [9.17, 15) is 9.59 Å². The number of methoxy groups -OCH3 is 2. The van der Waals surface area contributed by atoms with Crippen LogP contribution in [0.3, 0.4) is 0 Å². The van der Waals surface area contributed by atoms with Crippen molar-refractivity contribution in [3.63, 3.8) is 0 Å². The van der Waals surface area contributed by atoms with Gasteiger partial charge in [0.15, 0.2) is 5.69 Å².